The highest BCUT2D eigenvalue weighted by Crippen LogP contribution is 2.22. The number of hydrogen-bond acceptors (Lipinski definition) is 2. The van der Waals surface area contributed by atoms with Crippen molar-refractivity contribution in [1.29, 1.82) is 0 Å². The number of nitrogens with one attached hydrogen (secondary N) is 1. The molecule has 0 bridgehead atoms. The van der Waals surface area contributed by atoms with E-state index in [1.807, 2.05) is 44.2 Å². The van der Waals surface area contributed by atoms with Gasteiger partial charge in [0.25, 0.3) is 0 Å². The van der Waals surface area contributed by atoms with E-state index in [9.17, 15) is 9.59 Å². The molecule has 1 aromatic rings. The Hall–Kier alpha value is -2.10. The molecule has 1 atom stereocenters. The van der Waals surface area contributed by atoms with Crippen molar-refractivity contribution in [1.82, 2.24) is 10.2 Å². The zero-order valence-electron chi connectivity index (χ0n) is 11.4. The zero-order valence-corrected chi connectivity index (χ0v) is 11.4. The molecular weight excluding hydrogens is 240 g/mol. The molecule has 100 valence electrons. The van der Waals surface area contributed by atoms with Crippen molar-refractivity contribution < 1.29 is 9.59 Å². The first-order valence-corrected chi connectivity index (χ1v) is 6.37. The Morgan fingerprint density at radius 1 is 1.26 bits per heavy atom. The van der Waals surface area contributed by atoms with Gasteiger partial charge < -0.3 is 10.2 Å². The van der Waals surface area contributed by atoms with E-state index in [-0.39, 0.29) is 17.7 Å². The lowest BCUT2D eigenvalue weighted by molar-refractivity contribution is -0.137. The van der Waals surface area contributed by atoms with Gasteiger partial charge in [0.1, 0.15) is 6.04 Å². The standard InChI is InChI=1S/C15H18N2O2/c1-10(2)14-15(19)16-13(9-17(14)11(3)18)12-7-5-4-6-8-12/h4-10,14H,1-3H3,(H,16,19). The van der Waals surface area contributed by atoms with Crippen LogP contribution in [0.2, 0.25) is 0 Å². The molecule has 4 heteroatoms. The number of hydrogen-bond donors (Lipinski definition) is 1. The molecule has 4 nitrogen and oxygen atoms in total. The molecule has 0 radical (unpaired) electrons. The summed E-state index contributed by atoms with van der Waals surface area (Å²) >= 11 is 0. The molecule has 2 amide bonds. The third kappa shape index (κ3) is 2.67. The van der Waals surface area contributed by atoms with Gasteiger partial charge in [0, 0.05) is 13.1 Å². The van der Waals surface area contributed by atoms with Crippen molar-refractivity contribution in [2.24, 2.45) is 5.92 Å². The van der Waals surface area contributed by atoms with Crippen LogP contribution in [0.15, 0.2) is 36.5 Å². The second-order valence-corrected chi connectivity index (χ2v) is 5.01. The highest BCUT2D eigenvalue weighted by Gasteiger charge is 2.34. The van der Waals surface area contributed by atoms with Crippen molar-refractivity contribution >= 4 is 17.5 Å². The van der Waals surface area contributed by atoms with Crippen LogP contribution in [0.3, 0.4) is 0 Å². The third-order valence-electron chi connectivity index (χ3n) is 3.17. The van der Waals surface area contributed by atoms with E-state index >= 15 is 0 Å². The van der Waals surface area contributed by atoms with E-state index in [2.05, 4.69) is 5.32 Å². The lowest BCUT2D eigenvalue weighted by atomic mass is 9.99. The van der Waals surface area contributed by atoms with Gasteiger partial charge in [-0.3, -0.25) is 9.59 Å². The predicted molar refractivity (Wildman–Crippen MR) is 73.7 cm³/mol. The van der Waals surface area contributed by atoms with Gasteiger partial charge in [0.05, 0.1) is 5.70 Å². The average molecular weight is 258 g/mol. The Bertz CT molecular complexity index is 520. The molecule has 0 saturated carbocycles. The lowest BCUT2D eigenvalue weighted by Crippen LogP contribution is -2.52. The molecule has 1 aliphatic heterocycles. The number of rotatable bonds is 2. The van der Waals surface area contributed by atoms with Gasteiger partial charge in [0.2, 0.25) is 11.8 Å². The second kappa shape index (κ2) is 5.26. The van der Waals surface area contributed by atoms with Gasteiger partial charge in [-0.15, -0.1) is 0 Å². The molecule has 1 unspecified atom stereocenters. The summed E-state index contributed by atoms with van der Waals surface area (Å²) in [6.45, 7) is 5.34. The minimum Gasteiger partial charge on any atom is -0.322 e. The SMILES string of the molecule is CC(=O)N1C=C(c2ccccc2)NC(=O)C1C(C)C. The summed E-state index contributed by atoms with van der Waals surface area (Å²) in [6.07, 6.45) is 1.73. The van der Waals surface area contributed by atoms with E-state index in [0.717, 1.165) is 5.56 Å². The summed E-state index contributed by atoms with van der Waals surface area (Å²) in [7, 11) is 0. The van der Waals surface area contributed by atoms with Crippen molar-refractivity contribution in [2.45, 2.75) is 26.8 Å². The normalized spacial score (nSPS) is 19.2. The monoisotopic (exact) mass is 258 g/mol. The minimum absolute atomic E-state index is 0.0671. The smallest absolute Gasteiger partial charge is 0.247 e. The molecule has 1 aliphatic rings. The van der Waals surface area contributed by atoms with Crippen LogP contribution in [-0.4, -0.2) is 22.8 Å². The second-order valence-electron chi connectivity index (χ2n) is 5.01. The van der Waals surface area contributed by atoms with Gasteiger partial charge in [0.15, 0.2) is 0 Å². The van der Waals surface area contributed by atoms with Crippen LogP contribution in [0.1, 0.15) is 26.3 Å². The maximum absolute atomic E-state index is 12.2. The molecule has 19 heavy (non-hydrogen) atoms. The number of nitrogens with zero attached hydrogens (tertiary/aromatic N) is 1. The van der Waals surface area contributed by atoms with E-state index < -0.39 is 6.04 Å². The number of carbonyl (C=O) groups excluding carboxylic acids is 2. The fourth-order valence-electron chi connectivity index (χ4n) is 2.26. The maximum atomic E-state index is 12.2. The molecule has 0 aliphatic carbocycles. The molecule has 0 saturated heterocycles. The molecule has 0 spiro atoms. The third-order valence-corrected chi connectivity index (χ3v) is 3.17. The average Bonchev–Trinajstić information content (AvgIpc) is 2.38. The van der Waals surface area contributed by atoms with Crippen LogP contribution in [0.25, 0.3) is 5.70 Å². The van der Waals surface area contributed by atoms with E-state index in [1.165, 1.54) is 11.8 Å². The van der Waals surface area contributed by atoms with Crippen molar-refractivity contribution in [3.8, 4) is 0 Å². The number of carbonyl (C=O) groups is 2. The molecular formula is C15H18N2O2. The summed E-state index contributed by atoms with van der Waals surface area (Å²) < 4.78 is 0. The fourth-order valence-corrected chi connectivity index (χ4v) is 2.26. The van der Waals surface area contributed by atoms with Crippen LogP contribution in [0, 0.1) is 5.92 Å². The summed E-state index contributed by atoms with van der Waals surface area (Å²) in [5.41, 5.74) is 1.56. The number of amides is 2. The Kier molecular flexibility index (Phi) is 3.69. The van der Waals surface area contributed by atoms with Gasteiger partial charge >= 0.3 is 0 Å². The highest BCUT2D eigenvalue weighted by molar-refractivity contribution is 5.96. The van der Waals surface area contributed by atoms with Gasteiger partial charge in [-0.05, 0) is 11.5 Å². The zero-order chi connectivity index (χ0) is 14.0. The summed E-state index contributed by atoms with van der Waals surface area (Å²) in [6, 6.07) is 9.07. The topological polar surface area (TPSA) is 49.4 Å². The van der Waals surface area contributed by atoms with Crippen molar-refractivity contribution in [2.75, 3.05) is 0 Å². The van der Waals surface area contributed by atoms with E-state index in [1.54, 1.807) is 6.20 Å². The van der Waals surface area contributed by atoms with Gasteiger partial charge in [-0.1, -0.05) is 44.2 Å². The molecule has 2 rings (SSSR count). The highest BCUT2D eigenvalue weighted by atomic mass is 16.2. The summed E-state index contributed by atoms with van der Waals surface area (Å²) in [5.74, 6) is -0.189. The minimum atomic E-state index is -0.440. The first-order chi connectivity index (χ1) is 9.00. The molecule has 0 aromatic heterocycles. The molecule has 0 fully saturated rings. The van der Waals surface area contributed by atoms with Crippen molar-refractivity contribution in [3.63, 3.8) is 0 Å². The van der Waals surface area contributed by atoms with Crippen LogP contribution in [0.5, 0.6) is 0 Å². The largest absolute Gasteiger partial charge is 0.322 e. The van der Waals surface area contributed by atoms with Crippen molar-refractivity contribution in [3.05, 3.63) is 42.1 Å². The Balaban J connectivity index is 2.41. The quantitative estimate of drug-likeness (QED) is 0.882. The van der Waals surface area contributed by atoms with Crippen LogP contribution in [0.4, 0.5) is 0 Å². The Morgan fingerprint density at radius 2 is 1.89 bits per heavy atom. The van der Waals surface area contributed by atoms with Crippen LogP contribution >= 0.6 is 0 Å². The predicted octanol–water partition coefficient (Wildman–Crippen LogP) is 1.99. The Morgan fingerprint density at radius 3 is 2.42 bits per heavy atom. The fraction of sp³-hybridized carbons (Fsp3) is 0.333. The summed E-state index contributed by atoms with van der Waals surface area (Å²) in [4.78, 5) is 25.4. The van der Waals surface area contributed by atoms with Crippen LogP contribution in [-0.2, 0) is 9.59 Å². The van der Waals surface area contributed by atoms with E-state index in [0.29, 0.717) is 5.70 Å². The number of benzene rings is 1. The first kappa shape index (κ1) is 13.3. The van der Waals surface area contributed by atoms with Crippen LogP contribution < -0.4 is 5.32 Å². The van der Waals surface area contributed by atoms with Gasteiger partial charge in [-0.25, -0.2) is 0 Å². The molecule has 1 N–H and O–H groups in total. The molecule has 1 heterocycles. The summed E-state index contributed by atoms with van der Waals surface area (Å²) in [5, 5.41) is 2.88. The van der Waals surface area contributed by atoms with Gasteiger partial charge in [-0.2, -0.15) is 0 Å². The molecule has 1 aromatic carbocycles. The maximum Gasteiger partial charge on any atom is 0.247 e. The first-order valence-electron chi connectivity index (χ1n) is 6.37. The lowest BCUT2D eigenvalue weighted by Gasteiger charge is -2.34. The van der Waals surface area contributed by atoms with E-state index in [4.69, 9.17) is 0 Å². The Labute approximate surface area is 113 Å².